The van der Waals surface area contributed by atoms with Gasteiger partial charge in [-0.1, -0.05) is 27.7 Å². The van der Waals surface area contributed by atoms with Gasteiger partial charge in [0.1, 0.15) is 5.54 Å². The van der Waals surface area contributed by atoms with E-state index >= 15 is 0 Å². The van der Waals surface area contributed by atoms with Gasteiger partial charge in [-0.3, -0.25) is 5.32 Å². The first kappa shape index (κ1) is 13.5. The molecule has 1 aliphatic rings. The molecule has 0 heterocycles. The standard InChI is InChI=1S/C14H26N2/c1-6-12(3)16-14(10-15)8-7-13(4,5)9-11(14)2/h11-12,16H,6-9H2,1-5H3. The molecule has 0 bridgehead atoms. The second-order valence-corrected chi connectivity index (χ2v) is 6.31. The maximum absolute atomic E-state index is 9.51. The van der Waals surface area contributed by atoms with Crippen LogP contribution >= 0.6 is 0 Å². The highest BCUT2D eigenvalue weighted by molar-refractivity contribution is 5.14. The van der Waals surface area contributed by atoms with E-state index in [9.17, 15) is 5.26 Å². The summed E-state index contributed by atoms with van der Waals surface area (Å²) >= 11 is 0. The SMILES string of the molecule is CCC(C)NC1(C#N)CCC(C)(C)CC1C. The summed E-state index contributed by atoms with van der Waals surface area (Å²) < 4.78 is 0. The highest BCUT2D eigenvalue weighted by Crippen LogP contribution is 2.43. The highest BCUT2D eigenvalue weighted by Gasteiger charge is 2.44. The number of nitrogens with zero attached hydrogens (tertiary/aromatic N) is 1. The summed E-state index contributed by atoms with van der Waals surface area (Å²) in [4.78, 5) is 0. The minimum atomic E-state index is -0.287. The summed E-state index contributed by atoms with van der Waals surface area (Å²) in [5, 5.41) is 13.1. The van der Waals surface area contributed by atoms with Crippen molar-refractivity contribution < 1.29 is 0 Å². The Labute approximate surface area is 100 Å². The van der Waals surface area contributed by atoms with Crippen LogP contribution in [0.15, 0.2) is 0 Å². The Bertz CT molecular complexity index is 277. The van der Waals surface area contributed by atoms with Crippen molar-refractivity contribution in [2.24, 2.45) is 11.3 Å². The Morgan fingerprint density at radius 1 is 1.44 bits per heavy atom. The van der Waals surface area contributed by atoms with Crippen LogP contribution in [0.25, 0.3) is 0 Å². The number of nitriles is 1. The van der Waals surface area contributed by atoms with Crippen molar-refractivity contribution in [3.8, 4) is 6.07 Å². The molecule has 0 saturated heterocycles. The van der Waals surface area contributed by atoms with E-state index in [1.54, 1.807) is 0 Å². The monoisotopic (exact) mass is 222 g/mol. The fraction of sp³-hybridized carbons (Fsp3) is 0.929. The molecule has 0 aromatic rings. The minimum absolute atomic E-state index is 0.287. The van der Waals surface area contributed by atoms with Crippen molar-refractivity contribution in [1.82, 2.24) is 5.32 Å². The van der Waals surface area contributed by atoms with E-state index in [-0.39, 0.29) is 5.54 Å². The minimum Gasteiger partial charge on any atom is -0.297 e. The molecule has 0 spiro atoms. The Morgan fingerprint density at radius 3 is 2.50 bits per heavy atom. The molecule has 0 radical (unpaired) electrons. The quantitative estimate of drug-likeness (QED) is 0.793. The van der Waals surface area contributed by atoms with Crippen LogP contribution in [-0.4, -0.2) is 11.6 Å². The lowest BCUT2D eigenvalue weighted by atomic mass is 9.64. The number of hydrogen-bond acceptors (Lipinski definition) is 2. The Hall–Kier alpha value is -0.550. The first-order valence-electron chi connectivity index (χ1n) is 6.54. The molecule has 3 atom stereocenters. The zero-order valence-electron chi connectivity index (χ0n) is 11.4. The van der Waals surface area contributed by atoms with Gasteiger partial charge in [-0.25, -0.2) is 0 Å². The zero-order chi connectivity index (χ0) is 12.4. The van der Waals surface area contributed by atoms with Gasteiger partial charge in [-0.15, -0.1) is 0 Å². The maximum Gasteiger partial charge on any atom is 0.109 e. The van der Waals surface area contributed by atoms with Gasteiger partial charge >= 0.3 is 0 Å². The van der Waals surface area contributed by atoms with Crippen LogP contribution in [0.3, 0.4) is 0 Å². The van der Waals surface area contributed by atoms with Crippen molar-refractivity contribution in [3.63, 3.8) is 0 Å². The third-order valence-corrected chi connectivity index (χ3v) is 4.21. The molecular formula is C14H26N2. The van der Waals surface area contributed by atoms with Crippen molar-refractivity contribution in [3.05, 3.63) is 0 Å². The van der Waals surface area contributed by atoms with Crippen LogP contribution in [0.2, 0.25) is 0 Å². The van der Waals surface area contributed by atoms with E-state index in [2.05, 4.69) is 46.0 Å². The molecular weight excluding hydrogens is 196 g/mol. The van der Waals surface area contributed by atoms with Crippen LogP contribution in [-0.2, 0) is 0 Å². The van der Waals surface area contributed by atoms with Crippen molar-refractivity contribution in [1.29, 1.82) is 5.26 Å². The summed E-state index contributed by atoms with van der Waals surface area (Å²) in [6.07, 6.45) is 4.36. The highest BCUT2D eigenvalue weighted by atomic mass is 15.0. The number of hydrogen-bond donors (Lipinski definition) is 1. The van der Waals surface area contributed by atoms with Gasteiger partial charge in [0.25, 0.3) is 0 Å². The first-order valence-corrected chi connectivity index (χ1v) is 6.54. The molecule has 3 unspecified atom stereocenters. The summed E-state index contributed by atoms with van der Waals surface area (Å²) in [6, 6.07) is 2.99. The lowest BCUT2D eigenvalue weighted by Crippen LogP contribution is -2.56. The Balaban J connectivity index is 2.78. The van der Waals surface area contributed by atoms with Crippen molar-refractivity contribution in [2.45, 2.75) is 71.9 Å². The third kappa shape index (κ3) is 2.77. The van der Waals surface area contributed by atoms with E-state index in [0.29, 0.717) is 17.4 Å². The predicted molar refractivity (Wildman–Crippen MR) is 68.0 cm³/mol. The molecule has 0 aliphatic heterocycles. The van der Waals surface area contributed by atoms with Gasteiger partial charge in [0.15, 0.2) is 0 Å². The summed E-state index contributed by atoms with van der Waals surface area (Å²) in [6.45, 7) is 11.2. The molecule has 16 heavy (non-hydrogen) atoms. The molecule has 0 aromatic carbocycles. The van der Waals surface area contributed by atoms with E-state index in [1.807, 2.05) is 0 Å². The third-order valence-electron chi connectivity index (χ3n) is 4.21. The fourth-order valence-electron chi connectivity index (χ4n) is 2.84. The van der Waals surface area contributed by atoms with Crippen LogP contribution < -0.4 is 5.32 Å². The lowest BCUT2D eigenvalue weighted by Gasteiger charge is -2.46. The van der Waals surface area contributed by atoms with Gasteiger partial charge < -0.3 is 0 Å². The topological polar surface area (TPSA) is 35.8 Å². The second-order valence-electron chi connectivity index (χ2n) is 6.31. The second kappa shape index (κ2) is 4.75. The van der Waals surface area contributed by atoms with E-state index in [1.165, 1.54) is 0 Å². The Morgan fingerprint density at radius 2 is 2.06 bits per heavy atom. The normalized spacial score (nSPS) is 35.4. The smallest absolute Gasteiger partial charge is 0.109 e. The van der Waals surface area contributed by atoms with Gasteiger partial charge in [0.05, 0.1) is 6.07 Å². The Kier molecular flexibility index (Phi) is 4.02. The molecule has 0 aromatic heterocycles. The van der Waals surface area contributed by atoms with Crippen LogP contribution in [0.5, 0.6) is 0 Å². The molecule has 1 saturated carbocycles. The number of nitrogens with one attached hydrogen (secondary N) is 1. The molecule has 1 aliphatic carbocycles. The lowest BCUT2D eigenvalue weighted by molar-refractivity contribution is 0.102. The van der Waals surface area contributed by atoms with E-state index in [0.717, 1.165) is 25.7 Å². The van der Waals surface area contributed by atoms with Gasteiger partial charge in [0, 0.05) is 6.04 Å². The van der Waals surface area contributed by atoms with Crippen molar-refractivity contribution in [2.75, 3.05) is 0 Å². The molecule has 0 amide bonds. The fourth-order valence-corrected chi connectivity index (χ4v) is 2.84. The molecule has 1 rings (SSSR count). The van der Waals surface area contributed by atoms with E-state index < -0.39 is 0 Å². The molecule has 1 fully saturated rings. The maximum atomic E-state index is 9.51. The molecule has 2 heteroatoms. The zero-order valence-corrected chi connectivity index (χ0v) is 11.4. The average molecular weight is 222 g/mol. The van der Waals surface area contributed by atoms with Gasteiger partial charge in [-0.2, -0.15) is 5.26 Å². The summed E-state index contributed by atoms with van der Waals surface area (Å²) in [5.41, 5.74) is 0.113. The van der Waals surface area contributed by atoms with Crippen LogP contribution in [0, 0.1) is 22.7 Å². The average Bonchev–Trinajstić information content (AvgIpc) is 2.22. The molecule has 1 N–H and O–H groups in total. The van der Waals surface area contributed by atoms with Crippen LogP contribution in [0.4, 0.5) is 0 Å². The predicted octanol–water partition coefficient (Wildman–Crippen LogP) is 3.48. The van der Waals surface area contributed by atoms with Crippen molar-refractivity contribution >= 4 is 0 Å². The summed E-state index contributed by atoms with van der Waals surface area (Å²) in [7, 11) is 0. The first-order chi connectivity index (χ1) is 7.35. The van der Waals surface area contributed by atoms with Gasteiger partial charge in [0.2, 0.25) is 0 Å². The van der Waals surface area contributed by atoms with Gasteiger partial charge in [-0.05, 0) is 43.9 Å². The molecule has 2 nitrogen and oxygen atoms in total. The molecule has 92 valence electrons. The largest absolute Gasteiger partial charge is 0.297 e. The summed E-state index contributed by atoms with van der Waals surface area (Å²) in [5.74, 6) is 0.440. The van der Waals surface area contributed by atoms with E-state index in [4.69, 9.17) is 0 Å². The van der Waals surface area contributed by atoms with Crippen LogP contribution in [0.1, 0.15) is 60.3 Å². The number of rotatable bonds is 3.